The molecular formula is C9H16N4O. The summed E-state index contributed by atoms with van der Waals surface area (Å²) in [7, 11) is 1.70. The first-order valence-corrected chi connectivity index (χ1v) is 4.73. The molecule has 1 aromatic rings. The zero-order valence-corrected chi connectivity index (χ0v) is 8.58. The van der Waals surface area contributed by atoms with E-state index in [9.17, 15) is 4.79 Å². The number of nitrogens with one attached hydrogen (secondary N) is 1. The van der Waals surface area contributed by atoms with Gasteiger partial charge in [-0.25, -0.2) is 0 Å². The SMILES string of the molecule is CCCCNC(=O)c1cc(N)nn1C. The molecule has 0 saturated heterocycles. The van der Waals surface area contributed by atoms with Crippen molar-refractivity contribution >= 4 is 11.7 Å². The fourth-order valence-electron chi connectivity index (χ4n) is 1.17. The second-order valence-corrected chi connectivity index (χ2v) is 3.19. The van der Waals surface area contributed by atoms with Crippen LogP contribution in [0.25, 0.3) is 0 Å². The topological polar surface area (TPSA) is 72.9 Å². The van der Waals surface area contributed by atoms with Crippen LogP contribution in [-0.4, -0.2) is 22.2 Å². The molecule has 1 rings (SSSR count). The summed E-state index contributed by atoms with van der Waals surface area (Å²) in [6.45, 7) is 2.77. The number of carbonyl (C=O) groups is 1. The van der Waals surface area contributed by atoms with Gasteiger partial charge in [0.25, 0.3) is 5.91 Å². The lowest BCUT2D eigenvalue weighted by atomic mass is 10.3. The predicted octanol–water partition coefficient (Wildman–Crippen LogP) is 0.532. The van der Waals surface area contributed by atoms with E-state index in [2.05, 4.69) is 17.3 Å². The van der Waals surface area contributed by atoms with Gasteiger partial charge in [-0.2, -0.15) is 5.10 Å². The molecule has 0 aromatic carbocycles. The number of nitrogens with zero attached hydrogens (tertiary/aromatic N) is 2. The molecule has 5 nitrogen and oxygen atoms in total. The Morgan fingerprint density at radius 1 is 1.71 bits per heavy atom. The fourth-order valence-corrected chi connectivity index (χ4v) is 1.17. The van der Waals surface area contributed by atoms with Crippen molar-refractivity contribution in [2.75, 3.05) is 12.3 Å². The lowest BCUT2D eigenvalue weighted by Gasteiger charge is -2.03. The summed E-state index contributed by atoms with van der Waals surface area (Å²) >= 11 is 0. The predicted molar refractivity (Wildman–Crippen MR) is 54.9 cm³/mol. The van der Waals surface area contributed by atoms with E-state index >= 15 is 0 Å². The van der Waals surface area contributed by atoms with Crippen molar-refractivity contribution in [3.63, 3.8) is 0 Å². The fraction of sp³-hybridized carbons (Fsp3) is 0.556. The first kappa shape index (κ1) is 10.6. The molecule has 1 amide bonds. The first-order valence-electron chi connectivity index (χ1n) is 4.73. The van der Waals surface area contributed by atoms with Crippen molar-refractivity contribution in [3.05, 3.63) is 11.8 Å². The van der Waals surface area contributed by atoms with Crippen molar-refractivity contribution in [1.82, 2.24) is 15.1 Å². The molecule has 1 heterocycles. The largest absolute Gasteiger partial charge is 0.382 e. The van der Waals surface area contributed by atoms with Gasteiger partial charge in [0.15, 0.2) is 0 Å². The Kier molecular flexibility index (Phi) is 3.50. The molecule has 0 spiro atoms. The van der Waals surface area contributed by atoms with Gasteiger partial charge in [-0.1, -0.05) is 13.3 Å². The van der Waals surface area contributed by atoms with Crippen molar-refractivity contribution in [3.8, 4) is 0 Å². The van der Waals surface area contributed by atoms with E-state index in [4.69, 9.17) is 5.73 Å². The van der Waals surface area contributed by atoms with E-state index in [1.165, 1.54) is 4.68 Å². The highest BCUT2D eigenvalue weighted by Gasteiger charge is 2.10. The van der Waals surface area contributed by atoms with Crippen molar-refractivity contribution in [2.45, 2.75) is 19.8 Å². The number of hydrogen-bond acceptors (Lipinski definition) is 3. The third-order valence-corrected chi connectivity index (χ3v) is 1.95. The van der Waals surface area contributed by atoms with Crippen molar-refractivity contribution in [1.29, 1.82) is 0 Å². The number of nitrogens with two attached hydrogens (primary N) is 1. The number of rotatable bonds is 4. The molecule has 14 heavy (non-hydrogen) atoms. The highest BCUT2D eigenvalue weighted by atomic mass is 16.2. The molecule has 0 saturated carbocycles. The monoisotopic (exact) mass is 196 g/mol. The van der Waals surface area contributed by atoms with Crippen LogP contribution in [-0.2, 0) is 7.05 Å². The van der Waals surface area contributed by atoms with E-state index in [-0.39, 0.29) is 5.91 Å². The minimum atomic E-state index is -0.120. The molecule has 1 aromatic heterocycles. The van der Waals surface area contributed by atoms with Crippen molar-refractivity contribution < 1.29 is 4.79 Å². The molecule has 0 bridgehead atoms. The second-order valence-electron chi connectivity index (χ2n) is 3.19. The Balaban J connectivity index is 2.56. The Morgan fingerprint density at radius 2 is 2.43 bits per heavy atom. The van der Waals surface area contributed by atoms with Crippen molar-refractivity contribution in [2.24, 2.45) is 7.05 Å². The van der Waals surface area contributed by atoms with E-state index in [1.807, 2.05) is 0 Å². The Morgan fingerprint density at radius 3 is 2.93 bits per heavy atom. The van der Waals surface area contributed by atoms with Crippen LogP contribution in [0, 0.1) is 0 Å². The van der Waals surface area contributed by atoms with E-state index in [0.717, 1.165) is 12.8 Å². The molecule has 3 N–H and O–H groups in total. The van der Waals surface area contributed by atoms with Gasteiger partial charge in [0.2, 0.25) is 0 Å². The third-order valence-electron chi connectivity index (χ3n) is 1.95. The summed E-state index contributed by atoms with van der Waals surface area (Å²) in [5.41, 5.74) is 5.96. The molecule has 0 aliphatic heterocycles. The standard InChI is InChI=1S/C9H16N4O/c1-3-4-5-11-9(14)7-6-8(10)12-13(7)2/h6H,3-5H2,1-2H3,(H2,10,12)(H,11,14). The lowest BCUT2D eigenvalue weighted by molar-refractivity contribution is 0.0944. The van der Waals surface area contributed by atoms with Crippen LogP contribution < -0.4 is 11.1 Å². The maximum Gasteiger partial charge on any atom is 0.269 e. The van der Waals surface area contributed by atoms with Gasteiger partial charge >= 0.3 is 0 Å². The van der Waals surface area contributed by atoms with Gasteiger partial charge in [-0.15, -0.1) is 0 Å². The van der Waals surface area contributed by atoms with E-state index in [1.54, 1.807) is 13.1 Å². The molecule has 0 atom stereocenters. The van der Waals surface area contributed by atoms with Gasteiger partial charge in [-0.05, 0) is 6.42 Å². The third kappa shape index (κ3) is 2.48. The minimum absolute atomic E-state index is 0.120. The van der Waals surface area contributed by atoms with Crippen LogP contribution >= 0.6 is 0 Å². The molecule has 5 heteroatoms. The summed E-state index contributed by atoms with van der Waals surface area (Å²) < 4.78 is 1.48. The smallest absolute Gasteiger partial charge is 0.269 e. The zero-order chi connectivity index (χ0) is 10.6. The molecule has 0 fully saturated rings. The number of aromatic nitrogens is 2. The summed E-state index contributed by atoms with van der Waals surface area (Å²) in [6, 6.07) is 1.57. The van der Waals surface area contributed by atoms with Gasteiger partial charge in [0.1, 0.15) is 11.5 Å². The maximum absolute atomic E-state index is 11.5. The molecule has 78 valence electrons. The average molecular weight is 196 g/mol. The Hall–Kier alpha value is -1.52. The first-order chi connectivity index (χ1) is 6.65. The quantitative estimate of drug-likeness (QED) is 0.690. The number of anilines is 1. The van der Waals surface area contributed by atoms with Gasteiger partial charge in [0.05, 0.1) is 0 Å². The van der Waals surface area contributed by atoms with Crippen LogP contribution in [0.2, 0.25) is 0 Å². The summed E-state index contributed by atoms with van der Waals surface area (Å²) in [5.74, 6) is 0.248. The van der Waals surface area contributed by atoms with Crippen LogP contribution in [0.5, 0.6) is 0 Å². The number of nitrogen functional groups attached to an aromatic ring is 1. The number of aryl methyl sites for hydroxylation is 1. The van der Waals surface area contributed by atoms with Gasteiger partial charge in [0, 0.05) is 19.7 Å². The molecule has 0 aliphatic carbocycles. The normalized spacial score (nSPS) is 10.1. The highest BCUT2D eigenvalue weighted by molar-refractivity contribution is 5.93. The van der Waals surface area contributed by atoms with Crippen LogP contribution in [0.4, 0.5) is 5.82 Å². The molecular weight excluding hydrogens is 180 g/mol. The second kappa shape index (κ2) is 4.64. The summed E-state index contributed by atoms with van der Waals surface area (Å²) in [4.78, 5) is 11.5. The Bertz CT molecular complexity index is 319. The van der Waals surface area contributed by atoms with Gasteiger partial charge < -0.3 is 11.1 Å². The van der Waals surface area contributed by atoms with E-state index < -0.39 is 0 Å². The number of hydrogen-bond donors (Lipinski definition) is 2. The highest BCUT2D eigenvalue weighted by Crippen LogP contribution is 2.03. The Labute approximate surface area is 83.3 Å². The number of unbranched alkanes of at least 4 members (excludes halogenated alkanes) is 1. The number of amides is 1. The van der Waals surface area contributed by atoms with Gasteiger partial charge in [-0.3, -0.25) is 9.48 Å². The average Bonchev–Trinajstić information content (AvgIpc) is 2.45. The molecule has 0 radical (unpaired) electrons. The molecule has 0 aliphatic rings. The molecule has 0 unspecified atom stereocenters. The van der Waals surface area contributed by atoms with E-state index in [0.29, 0.717) is 18.1 Å². The maximum atomic E-state index is 11.5. The van der Waals surface area contributed by atoms with Crippen LogP contribution in [0.15, 0.2) is 6.07 Å². The zero-order valence-electron chi connectivity index (χ0n) is 8.58. The number of carbonyl (C=O) groups excluding carboxylic acids is 1. The summed E-state index contributed by atoms with van der Waals surface area (Å²) in [6.07, 6.45) is 2.05. The lowest BCUT2D eigenvalue weighted by Crippen LogP contribution is -2.26. The van der Waals surface area contributed by atoms with Crippen LogP contribution in [0.3, 0.4) is 0 Å². The van der Waals surface area contributed by atoms with Crippen LogP contribution in [0.1, 0.15) is 30.3 Å². The summed E-state index contributed by atoms with van der Waals surface area (Å²) in [5, 5.41) is 6.69. The minimum Gasteiger partial charge on any atom is -0.382 e.